The topological polar surface area (TPSA) is 96.9 Å². The first-order valence-electron chi connectivity index (χ1n) is 15.9. The number of hydrogen-bond donors (Lipinski definition) is 0. The second-order valence-corrected chi connectivity index (χ2v) is 12.1. The van der Waals surface area contributed by atoms with Crippen LogP contribution in [-0.4, -0.2) is 45.7 Å². The molecule has 0 saturated carbocycles. The molecule has 0 saturated heterocycles. The molecule has 244 valence electrons. The first-order valence-corrected chi connectivity index (χ1v) is 15.9. The summed E-state index contributed by atoms with van der Waals surface area (Å²) >= 11 is 0. The van der Waals surface area contributed by atoms with E-state index in [4.69, 9.17) is 24.3 Å². The zero-order valence-electron chi connectivity index (χ0n) is 28.3. The zero-order chi connectivity index (χ0) is 33.8. The largest absolute Gasteiger partial charge is 0.494 e. The van der Waals surface area contributed by atoms with Gasteiger partial charge in [-0.3, -0.25) is 4.79 Å². The maximum Gasteiger partial charge on any atom is 0.344 e. The number of para-hydroxylation sites is 1. The van der Waals surface area contributed by atoms with Crippen molar-refractivity contribution < 1.29 is 19.0 Å². The lowest BCUT2D eigenvalue weighted by molar-refractivity contribution is -0.149. The highest BCUT2D eigenvalue weighted by Crippen LogP contribution is 2.34. The minimum absolute atomic E-state index is 0.153. The van der Waals surface area contributed by atoms with E-state index in [0.717, 1.165) is 45.1 Å². The van der Waals surface area contributed by atoms with E-state index in [1.54, 1.807) is 26.1 Å². The lowest BCUT2D eigenvalue weighted by atomic mass is 9.96. The number of aryl methyl sites for hydroxylation is 2. The van der Waals surface area contributed by atoms with Gasteiger partial charge in [-0.25, -0.2) is 9.78 Å². The molecule has 47 heavy (non-hydrogen) atoms. The minimum Gasteiger partial charge on any atom is -0.494 e. The van der Waals surface area contributed by atoms with Crippen molar-refractivity contribution in [1.29, 1.82) is 0 Å². The molecule has 0 aliphatic heterocycles. The summed E-state index contributed by atoms with van der Waals surface area (Å²) in [5.41, 5.74) is 6.89. The number of ether oxygens (including phenoxy) is 3. The Morgan fingerprint density at radius 1 is 0.957 bits per heavy atom. The molecule has 9 nitrogen and oxygen atoms in total. The normalized spacial score (nSPS) is 11.6. The average molecular weight is 635 g/mol. The fourth-order valence-electron chi connectivity index (χ4n) is 5.64. The maximum atomic E-state index is 13.9. The highest BCUT2D eigenvalue weighted by molar-refractivity contribution is 5.84. The molecule has 0 fully saturated rings. The molecular formula is C38H42N4O5. The summed E-state index contributed by atoms with van der Waals surface area (Å²) in [7, 11) is 0. The lowest BCUT2D eigenvalue weighted by Gasteiger charge is -2.18. The van der Waals surface area contributed by atoms with E-state index in [1.165, 1.54) is 4.68 Å². The van der Waals surface area contributed by atoms with Gasteiger partial charge in [-0.2, -0.15) is 9.78 Å². The van der Waals surface area contributed by atoms with Crippen LogP contribution in [0.1, 0.15) is 68.6 Å². The molecule has 0 amide bonds. The molecule has 0 radical (unpaired) electrons. The van der Waals surface area contributed by atoms with Crippen LogP contribution in [0.2, 0.25) is 0 Å². The van der Waals surface area contributed by atoms with Crippen molar-refractivity contribution in [3.63, 3.8) is 0 Å². The van der Waals surface area contributed by atoms with Crippen LogP contribution in [-0.2, 0) is 9.53 Å². The lowest BCUT2D eigenvalue weighted by Crippen LogP contribution is -2.21. The molecule has 0 spiro atoms. The number of benzene rings is 3. The van der Waals surface area contributed by atoms with Crippen molar-refractivity contribution >= 4 is 23.1 Å². The highest BCUT2D eigenvalue weighted by Gasteiger charge is 2.19. The number of rotatable bonds is 11. The van der Waals surface area contributed by atoms with E-state index in [1.807, 2.05) is 82.3 Å². The Bertz CT molecular complexity index is 2000. The van der Waals surface area contributed by atoms with Crippen LogP contribution in [0.25, 0.3) is 28.0 Å². The van der Waals surface area contributed by atoms with E-state index in [-0.39, 0.29) is 24.2 Å². The summed E-state index contributed by atoms with van der Waals surface area (Å²) in [5.74, 6) is 1.66. The highest BCUT2D eigenvalue weighted by atomic mass is 16.6. The molecule has 0 aliphatic carbocycles. The molecule has 0 bridgehead atoms. The standard InChI is InChI=1S/C38H42N4O5/c1-9-45-35-18-25(6)33(20-32(35)23(2)3)37-40-34-13-11-10-12-31(34)38(44)42(37)39-21-28-19-26(7)41(27(28)8)29-14-16-30(17-15-29)46-22-36(43)47-24(4)5/h10-21,23-24H,9,22H2,1-8H3. The van der Waals surface area contributed by atoms with Gasteiger partial charge in [0, 0.05) is 28.2 Å². The molecule has 9 heteroatoms. The fourth-order valence-corrected chi connectivity index (χ4v) is 5.64. The average Bonchev–Trinajstić information content (AvgIpc) is 3.31. The van der Waals surface area contributed by atoms with Crippen LogP contribution in [0, 0.1) is 20.8 Å². The van der Waals surface area contributed by atoms with Gasteiger partial charge in [0.15, 0.2) is 12.4 Å². The molecule has 3 aromatic carbocycles. The Labute approximate surface area is 275 Å². The van der Waals surface area contributed by atoms with Crippen LogP contribution in [0.15, 0.2) is 76.6 Å². The van der Waals surface area contributed by atoms with E-state index in [9.17, 15) is 9.59 Å². The Balaban J connectivity index is 1.53. The molecule has 0 atom stereocenters. The van der Waals surface area contributed by atoms with Gasteiger partial charge in [-0.15, -0.1) is 0 Å². The van der Waals surface area contributed by atoms with Crippen LogP contribution in [0.3, 0.4) is 0 Å². The quantitative estimate of drug-likeness (QED) is 0.110. The third kappa shape index (κ3) is 7.14. The van der Waals surface area contributed by atoms with E-state index >= 15 is 0 Å². The maximum absolute atomic E-state index is 13.9. The van der Waals surface area contributed by atoms with E-state index < -0.39 is 5.97 Å². The van der Waals surface area contributed by atoms with Gasteiger partial charge < -0.3 is 18.8 Å². The molecule has 0 aliphatic rings. The predicted octanol–water partition coefficient (Wildman–Crippen LogP) is 7.51. The SMILES string of the molecule is CCOc1cc(C)c(-c2nc3ccccc3c(=O)n2N=Cc2cc(C)n(-c3ccc(OCC(=O)OC(C)C)cc3)c2C)cc1C(C)C. The summed E-state index contributed by atoms with van der Waals surface area (Å²) < 4.78 is 20.2. The molecule has 0 N–H and O–H groups in total. The third-order valence-electron chi connectivity index (χ3n) is 7.87. The van der Waals surface area contributed by atoms with Crippen molar-refractivity contribution in [2.75, 3.05) is 13.2 Å². The van der Waals surface area contributed by atoms with Crippen molar-refractivity contribution in [1.82, 2.24) is 14.2 Å². The van der Waals surface area contributed by atoms with Crippen molar-refractivity contribution in [3.8, 4) is 28.6 Å². The summed E-state index contributed by atoms with van der Waals surface area (Å²) in [6.07, 6.45) is 1.52. The Hall–Kier alpha value is -5.18. The summed E-state index contributed by atoms with van der Waals surface area (Å²) in [6, 6.07) is 21.0. The van der Waals surface area contributed by atoms with E-state index in [0.29, 0.717) is 29.1 Å². The Kier molecular flexibility index (Phi) is 9.94. The number of aromatic nitrogens is 3. The number of fused-ring (bicyclic) bond motifs is 1. The van der Waals surface area contributed by atoms with Gasteiger partial charge in [-0.1, -0.05) is 26.0 Å². The molecule has 2 heterocycles. The number of carbonyl (C=O) groups is 1. The van der Waals surface area contributed by atoms with Gasteiger partial charge in [0.05, 0.1) is 29.8 Å². The summed E-state index contributed by atoms with van der Waals surface area (Å²) in [6.45, 7) is 16.2. The first kappa shape index (κ1) is 33.2. The van der Waals surface area contributed by atoms with Crippen LogP contribution >= 0.6 is 0 Å². The van der Waals surface area contributed by atoms with Crippen LogP contribution in [0.4, 0.5) is 0 Å². The van der Waals surface area contributed by atoms with Crippen LogP contribution in [0.5, 0.6) is 11.5 Å². The molecule has 2 aromatic heterocycles. The first-order chi connectivity index (χ1) is 22.5. The molecular weight excluding hydrogens is 592 g/mol. The molecule has 5 rings (SSSR count). The van der Waals surface area contributed by atoms with Crippen molar-refractivity contribution in [2.24, 2.45) is 5.10 Å². The summed E-state index contributed by atoms with van der Waals surface area (Å²) in [5, 5.41) is 5.26. The minimum atomic E-state index is -0.410. The van der Waals surface area contributed by atoms with Gasteiger partial charge in [0.25, 0.3) is 5.56 Å². The van der Waals surface area contributed by atoms with Gasteiger partial charge in [0.2, 0.25) is 0 Å². The second kappa shape index (κ2) is 14.1. The van der Waals surface area contributed by atoms with Crippen molar-refractivity contribution in [2.45, 2.75) is 67.4 Å². The number of hydrogen-bond acceptors (Lipinski definition) is 7. The van der Waals surface area contributed by atoms with Crippen molar-refractivity contribution in [3.05, 3.63) is 105 Å². The monoisotopic (exact) mass is 634 g/mol. The van der Waals surface area contributed by atoms with Crippen LogP contribution < -0.4 is 15.0 Å². The third-order valence-corrected chi connectivity index (χ3v) is 7.87. The number of carbonyl (C=O) groups excluding carboxylic acids is 1. The smallest absolute Gasteiger partial charge is 0.344 e. The molecule has 5 aromatic rings. The van der Waals surface area contributed by atoms with Gasteiger partial charge in [0.1, 0.15) is 11.5 Å². The Morgan fingerprint density at radius 2 is 1.68 bits per heavy atom. The zero-order valence-corrected chi connectivity index (χ0v) is 28.3. The number of esters is 1. The molecule has 0 unspecified atom stereocenters. The van der Waals surface area contributed by atoms with Gasteiger partial charge >= 0.3 is 5.97 Å². The second-order valence-electron chi connectivity index (χ2n) is 12.1. The van der Waals surface area contributed by atoms with E-state index in [2.05, 4.69) is 24.5 Å². The summed E-state index contributed by atoms with van der Waals surface area (Å²) in [4.78, 5) is 30.8. The predicted molar refractivity (Wildman–Crippen MR) is 186 cm³/mol. The number of nitrogens with zero attached hydrogens (tertiary/aromatic N) is 4. The Morgan fingerprint density at radius 3 is 2.36 bits per heavy atom. The van der Waals surface area contributed by atoms with Gasteiger partial charge in [-0.05, 0) is 113 Å². The fraction of sp³-hybridized carbons (Fsp3) is 0.316.